The van der Waals surface area contributed by atoms with Gasteiger partial charge in [0.15, 0.2) is 12.4 Å². The fourth-order valence-corrected chi connectivity index (χ4v) is 3.45. The molecule has 2 aromatic rings. The number of esters is 1. The number of anilines is 1. The van der Waals surface area contributed by atoms with Gasteiger partial charge in [-0.05, 0) is 48.7 Å². The van der Waals surface area contributed by atoms with Crippen molar-refractivity contribution < 1.29 is 19.1 Å². The molecule has 0 N–H and O–H groups in total. The van der Waals surface area contributed by atoms with Gasteiger partial charge in [-0.3, -0.25) is 14.4 Å². The fraction of sp³-hybridized carbons (Fsp3) is 0.250. The van der Waals surface area contributed by atoms with Gasteiger partial charge in [0.05, 0.1) is 5.92 Å². The number of Topliss-reactive ketones (excluding diaryl/α,β-unsaturated/α-hetero) is 1. The van der Waals surface area contributed by atoms with Gasteiger partial charge < -0.3 is 9.64 Å². The molecular formula is C20H18ClNO4S. The van der Waals surface area contributed by atoms with Crippen molar-refractivity contribution in [1.82, 2.24) is 0 Å². The quantitative estimate of drug-likeness (QED) is 0.416. The van der Waals surface area contributed by atoms with E-state index in [0.717, 1.165) is 10.6 Å². The number of halogens is 1. The largest absolute Gasteiger partial charge is 0.457 e. The van der Waals surface area contributed by atoms with Crippen molar-refractivity contribution >= 4 is 46.7 Å². The minimum absolute atomic E-state index is 0.0808. The van der Waals surface area contributed by atoms with Crippen LogP contribution in [0, 0.1) is 5.92 Å². The van der Waals surface area contributed by atoms with E-state index in [4.69, 9.17) is 16.3 Å². The fourth-order valence-electron chi connectivity index (χ4n) is 2.87. The van der Waals surface area contributed by atoms with Crippen molar-refractivity contribution in [3.05, 3.63) is 59.1 Å². The first-order valence-corrected chi connectivity index (χ1v) is 9.98. The van der Waals surface area contributed by atoms with Crippen LogP contribution in [0.25, 0.3) is 0 Å². The van der Waals surface area contributed by atoms with E-state index in [0.29, 0.717) is 10.6 Å². The van der Waals surface area contributed by atoms with Gasteiger partial charge in [0.25, 0.3) is 0 Å². The molecule has 0 aliphatic carbocycles. The highest BCUT2D eigenvalue weighted by Gasteiger charge is 2.36. The molecule has 0 bridgehead atoms. The minimum atomic E-state index is -0.576. The first-order valence-electron chi connectivity index (χ1n) is 8.37. The van der Waals surface area contributed by atoms with E-state index < -0.39 is 11.9 Å². The summed E-state index contributed by atoms with van der Waals surface area (Å²) in [6, 6.07) is 14.0. The third kappa shape index (κ3) is 4.70. The first kappa shape index (κ1) is 19.5. The Balaban J connectivity index is 1.58. The SMILES string of the molecule is CSc1cccc(N2C[C@@H](C(=O)OCC(=O)c3ccc(Cl)cc3)CC2=O)c1. The second-order valence-electron chi connectivity index (χ2n) is 6.14. The first-order chi connectivity index (χ1) is 13.0. The zero-order valence-electron chi connectivity index (χ0n) is 14.7. The lowest BCUT2D eigenvalue weighted by Gasteiger charge is -2.17. The summed E-state index contributed by atoms with van der Waals surface area (Å²) in [7, 11) is 0. The van der Waals surface area contributed by atoms with Gasteiger partial charge in [0, 0.05) is 34.1 Å². The van der Waals surface area contributed by atoms with E-state index >= 15 is 0 Å². The van der Waals surface area contributed by atoms with E-state index in [1.807, 2.05) is 30.5 Å². The Bertz CT molecular complexity index is 869. The lowest BCUT2D eigenvalue weighted by molar-refractivity contribution is -0.147. The molecule has 1 aliphatic rings. The Morgan fingerprint density at radius 3 is 2.67 bits per heavy atom. The maximum absolute atomic E-state index is 12.3. The van der Waals surface area contributed by atoms with E-state index in [1.54, 1.807) is 40.9 Å². The number of hydrogen-bond donors (Lipinski definition) is 0. The van der Waals surface area contributed by atoms with Crippen LogP contribution in [0.15, 0.2) is 53.4 Å². The molecule has 7 heteroatoms. The Labute approximate surface area is 166 Å². The summed E-state index contributed by atoms with van der Waals surface area (Å²) in [5, 5.41) is 0.527. The van der Waals surface area contributed by atoms with Crippen molar-refractivity contribution in [2.45, 2.75) is 11.3 Å². The number of ether oxygens (including phenoxy) is 1. The van der Waals surface area contributed by atoms with Crippen LogP contribution in [-0.4, -0.2) is 37.1 Å². The number of amides is 1. The Hall–Kier alpha value is -2.31. The average molecular weight is 404 g/mol. The van der Waals surface area contributed by atoms with Crippen LogP contribution >= 0.6 is 23.4 Å². The summed E-state index contributed by atoms with van der Waals surface area (Å²) in [5.74, 6) is -1.55. The number of carbonyl (C=O) groups excluding carboxylic acids is 3. The van der Waals surface area contributed by atoms with Gasteiger partial charge >= 0.3 is 5.97 Å². The molecule has 0 aromatic heterocycles. The molecule has 0 unspecified atom stereocenters. The van der Waals surface area contributed by atoms with Gasteiger partial charge in [-0.15, -0.1) is 11.8 Å². The topological polar surface area (TPSA) is 63.7 Å². The maximum atomic E-state index is 12.3. The van der Waals surface area contributed by atoms with Crippen molar-refractivity contribution in [3.63, 3.8) is 0 Å². The number of rotatable bonds is 6. The summed E-state index contributed by atoms with van der Waals surface area (Å²) >= 11 is 7.38. The molecule has 1 aliphatic heterocycles. The highest BCUT2D eigenvalue weighted by molar-refractivity contribution is 7.98. The molecule has 3 rings (SSSR count). The third-order valence-electron chi connectivity index (χ3n) is 4.34. The second-order valence-corrected chi connectivity index (χ2v) is 7.46. The van der Waals surface area contributed by atoms with Crippen LogP contribution in [0.1, 0.15) is 16.8 Å². The predicted octanol–water partition coefficient (Wildman–Crippen LogP) is 3.84. The normalized spacial score (nSPS) is 16.4. The molecule has 1 atom stereocenters. The molecule has 2 aromatic carbocycles. The Morgan fingerprint density at radius 2 is 1.96 bits per heavy atom. The van der Waals surface area contributed by atoms with Crippen molar-refractivity contribution in [2.24, 2.45) is 5.92 Å². The standard InChI is InChI=1S/C20H18ClNO4S/c1-27-17-4-2-3-16(10-17)22-11-14(9-19(22)24)20(25)26-12-18(23)13-5-7-15(21)8-6-13/h2-8,10,14H,9,11-12H2,1H3/t14-/m0/s1. The molecular weight excluding hydrogens is 386 g/mol. The van der Waals surface area contributed by atoms with E-state index in [2.05, 4.69) is 0 Å². The van der Waals surface area contributed by atoms with Crippen molar-refractivity contribution in [3.8, 4) is 0 Å². The van der Waals surface area contributed by atoms with Gasteiger partial charge in [-0.25, -0.2) is 0 Å². The number of thioether (sulfide) groups is 1. The lowest BCUT2D eigenvalue weighted by Crippen LogP contribution is -2.27. The van der Waals surface area contributed by atoms with Crippen molar-refractivity contribution in [1.29, 1.82) is 0 Å². The highest BCUT2D eigenvalue weighted by atomic mass is 35.5. The second kappa shape index (κ2) is 8.59. The third-order valence-corrected chi connectivity index (χ3v) is 5.31. The molecule has 0 radical (unpaired) electrons. The van der Waals surface area contributed by atoms with Crippen molar-refractivity contribution in [2.75, 3.05) is 24.3 Å². The van der Waals surface area contributed by atoms with Gasteiger partial charge in [0.1, 0.15) is 0 Å². The Morgan fingerprint density at radius 1 is 1.22 bits per heavy atom. The number of carbonyl (C=O) groups is 3. The molecule has 27 heavy (non-hydrogen) atoms. The van der Waals surface area contributed by atoms with Crippen LogP contribution in [0.2, 0.25) is 5.02 Å². The average Bonchev–Trinajstić information content (AvgIpc) is 3.08. The van der Waals surface area contributed by atoms with E-state index in [9.17, 15) is 14.4 Å². The smallest absolute Gasteiger partial charge is 0.311 e. The van der Waals surface area contributed by atoms with Gasteiger partial charge in [-0.1, -0.05) is 17.7 Å². The number of benzene rings is 2. The lowest BCUT2D eigenvalue weighted by atomic mass is 10.1. The van der Waals surface area contributed by atoms with Gasteiger partial charge in [0.2, 0.25) is 5.91 Å². The van der Waals surface area contributed by atoms with Crippen LogP contribution in [-0.2, 0) is 14.3 Å². The molecule has 1 saturated heterocycles. The predicted molar refractivity (Wildman–Crippen MR) is 105 cm³/mol. The van der Waals surface area contributed by atoms with Gasteiger partial charge in [-0.2, -0.15) is 0 Å². The summed E-state index contributed by atoms with van der Waals surface area (Å²) < 4.78 is 5.15. The number of hydrogen-bond acceptors (Lipinski definition) is 5. The van der Waals surface area contributed by atoms with Crippen LogP contribution in [0.3, 0.4) is 0 Å². The summed E-state index contributed by atoms with van der Waals surface area (Å²) in [4.78, 5) is 39.3. The molecule has 0 saturated carbocycles. The molecule has 0 spiro atoms. The number of nitrogens with zero attached hydrogens (tertiary/aromatic N) is 1. The molecule has 5 nitrogen and oxygen atoms in total. The van der Waals surface area contributed by atoms with E-state index in [1.165, 1.54) is 0 Å². The van der Waals surface area contributed by atoms with Crippen LogP contribution in [0.5, 0.6) is 0 Å². The Kier molecular flexibility index (Phi) is 6.19. The number of ketones is 1. The summed E-state index contributed by atoms with van der Waals surface area (Å²) in [6.07, 6.45) is 2.04. The maximum Gasteiger partial charge on any atom is 0.311 e. The summed E-state index contributed by atoms with van der Waals surface area (Å²) in [6.45, 7) is -0.0995. The van der Waals surface area contributed by atoms with Crippen LogP contribution < -0.4 is 4.90 Å². The highest BCUT2D eigenvalue weighted by Crippen LogP contribution is 2.28. The molecule has 1 heterocycles. The zero-order valence-corrected chi connectivity index (χ0v) is 16.3. The minimum Gasteiger partial charge on any atom is -0.457 e. The monoisotopic (exact) mass is 403 g/mol. The zero-order chi connectivity index (χ0) is 19.4. The van der Waals surface area contributed by atoms with E-state index in [-0.39, 0.29) is 31.3 Å². The summed E-state index contributed by atoms with van der Waals surface area (Å²) in [5.41, 5.74) is 1.18. The van der Waals surface area contributed by atoms with Crippen LogP contribution in [0.4, 0.5) is 5.69 Å². The molecule has 1 amide bonds. The molecule has 140 valence electrons. The molecule has 1 fully saturated rings.